The number of hydrogen-bond donors (Lipinski definition) is 0. The topological polar surface area (TPSA) is 198 Å². The van der Waals surface area contributed by atoms with Gasteiger partial charge in [0.1, 0.15) is 0 Å². The fourth-order valence-corrected chi connectivity index (χ4v) is 6.26. The predicted molar refractivity (Wildman–Crippen MR) is 218 cm³/mol. The first-order valence-electron chi connectivity index (χ1n) is 20.1. The first-order chi connectivity index (χ1) is 29.2. The van der Waals surface area contributed by atoms with Crippen LogP contribution in [0.15, 0.2) is 58.3 Å². The largest absolute Gasteiger partial charge is 0.377 e. The van der Waals surface area contributed by atoms with Crippen LogP contribution in [0, 0.1) is 13.8 Å². The lowest BCUT2D eigenvalue weighted by atomic mass is 10.2. The van der Waals surface area contributed by atoms with Crippen molar-refractivity contribution in [1.29, 1.82) is 0 Å². The van der Waals surface area contributed by atoms with Crippen molar-refractivity contribution in [2.45, 2.75) is 23.6 Å². The van der Waals surface area contributed by atoms with Crippen molar-refractivity contribution in [3.63, 3.8) is 0 Å². The molecule has 0 radical (unpaired) electrons. The van der Waals surface area contributed by atoms with E-state index in [1.807, 2.05) is 13.8 Å². The van der Waals surface area contributed by atoms with Crippen LogP contribution in [0.4, 0.5) is 0 Å². The summed E-state index contributed by atoms with van der Waals surface area (Å²) in [7, 11) is -7.57. The minimum absolute atomic E-state index is 0.0689. The van der Waals surface area contributed by atoms with Gasteiger partial charge in [-0.25, -0.2) is 0 Å². The number of ether oxygens (including phenoxy) is 12. The first-order valence-corrected chi connectivity index (χ1v) is 22.9. The molecule has 0 heterocycles. The van der Waals surface area contributed by atoms with E-state index in [1.165, 1.54) is 24.3 Å². The molecule has 0 N–H and O–H groups in total. The van der Waals surface area contributed by atoms with Gasteiger partial charge in [-0.3, -0.25) is 8.37 Å². The van der Waals surface area contributed by atoms with E-state index in [9.17, 15) is 16.8 Å². The summed E-state index contributed by atoms with van der Waals surface area (Å²) in [6.07, 6.45) is 0. The van der Waals surface area contributed by atoms with Crippen LogP contribution in [-0.4, -0.2) is 189 Å². The lowest BCUT2D eigenvalue weighted by Gasteiger charge is -2.09. The molecule has 0 unspecified atom stereocenters. The molecule has 18 nitrogen and oxygen atoms in total. The van der Waals surface area contributed by atoms with Gasteiger partial charge in [-0.05, 0) is 38.1 Å². The second-order valence-electron chi connectivity index (χ2n) is 12.5. The van der Waals surface area contributed by atoms with Crippen LogP contribution in [0.3, 0.4) is 0 Å². The third-order valence-electron chi connectivity index (χ3n) is 7.64. The molecule has 0 amide bonds. The lowest BCUT2D eigenvalue weighted by Crippen LogP contribution is -2.16. The molecule has 0 saturated heterocycles. The average molecular weight is 899 g/mol. The molecule has 0 atom stereocenters. The van der Waals surface area contributed by atoms with Gasteiger partial charge in [0.2, 0.25) is 0 Å². The number of hydrogen-bond acceptors (Lipinski definition) is 18. The van der Waals surface area contributed by atoms with Gasteiger partial charge in [-0.15, -0.1) is 0 Å². The highest BCUT2D eigenvalue weighted by Crippen LogP contribution is 2.14. The fourth-order valence-electron chi connectivity index (χ4n) is 4.47. The maximum atomic E-state index is 12.1. The van der Waals surface area contributed by atoms with E-state index in [-0.39, 0.29) is 36.2 Å². The van der Waals surface area contributed by atoms with Gasteiger partial charge in [0.25, 0.3) is 20.2 Å². The third kappa shape index (κ3) is 29.9. The maximum absolute atomic E-state index is 12.1. The summed E-state index contributed by atoms with van der Waals surface area (Å²) in [6.45, 7) is 13.3. The van der Waals surface area contributed by atoms with Gasteiger partial charge in [0, 0.05) is 0 Å². The number of aryl methyl sites for hydroxylation is 2. The van der Waals surface area contributed by atoms with Gasteiger partial charge in [0.15, 0.2) is 0 Å². The lowest BCUT2D eigenvalue weighted by molar-refractivity contribution is -0.0286. The molecule has 0 aliphatic rings. The van der Waals surface area contributed by atoms with Crippen LogP contribution in [0.1, 0.15) is 11.1 Å². The molecule has 0 bridgehead atoms. The molecule has 60 heavy (non-hydrogen) atoms. The quantitative estimate of drug-likeness (QED) is 0.0695. The zero-order valence-corrected chi connectivity index (χ0v) is 36.8. The Morgan fingerprint density at radius 1 is 0.267 bits per heavy atom. The summed E-state index contributed by atoms with van der Waals surface area (Å²) >= 11 is 0. The minimum Gasteiger partial charge on any atom is -0.377 e. The van der Waals surface area contributed by atoms with Gasteiger partial charge >= 0.3 is 0 Å². The van der Waals surface area contributed by atoms with Gasteiger partial charge in [0.05, 0.1) is 182 Å². The Balaban J connectivity index is 1.16. The van der Waals surface area contributed by atoms with E-state index < -0.39 is 20.2 Å². The smallest absolute Gasteiger partial charge is 0.297 e. The molecule has 0 aromatic heterocycles. The van der Waals surface area contributed by atoms with E-state index >= 15 is 0 Å². The van der Waals surface area contributed by atoms with Crippen LogP contribution in [-0.2, 0) is 85.4 Å². The Hall–Kier alpha value is -2.22. The zero-order valence-electron chi connectivity index (χ0n) is 35.2. The zero-order chi connectivity index (χ0) is 43.3. The standard InChI is InChI=1S/C40H66O18S2/c1-37-3-7-39(8-4-37)59(41,42)57-35-33-55-31-29-53-27-25-51-23-21-49-19-17-47-15-13-45-11-12-46-14-16-48-18-20-50-22-24-52-26-28-54-30-32-56-34-36-58-60(43,44)40-9-5-38(2)6-10-40/h3-10H,11-36H2,1-2H3. The Kier molecular flexibility index (Phi) is 32.6. The molecular formula is C40H66O18S2. The van der Waals surface area contributed by atoms with Gasteiger partial charge < -0.3 is 56.8 Å². The number of rotatable bonds is 43. The molecule has 20 heteroatoms. The summed E-state index contributed by atoms with van der Waals surface area (Å²) < 4.78 is 124. The third-order valence-corrected chi connectivity index (χ3v) is 10.3. The Morgan fingerprint density at radius 2 is 0.417 bits per heavy atom. The first kappa shape index (κ1) is 53.9. The maximum Gasteiger partial charge on any atom is 0.297 e. The molecular weight excluding hydrogens is 833 g/mol. The number of benzene rings is 2. The van der Waals surface area contributed by atoms with Crippen molar-refractivity contribution >= 4 is 20.2 Å². The Morgan fingerprint density at radius 3 is 0.583 bits per heavy atom. The normalized spacial score (nSPS) is 12.1. The summed E-state index contributed by atoms with van der Waals surface area (Å²) in [5, 5.41) is 0. The van der Waals surface area contributed by atoms with E-state index in [0.717, 1.165) is 11.1 Å². The van der Waals surface area contributed by atoms with E-state index in [0.29, 0.717) is 145 Å². The van der Waals surface area contributed by atoms with Gasteiger partial charge in [-0.2, -0.15) is 16.8 Å². The Labute approximate surface area is 356 Å². The molecule has 0 spiro atoms. The van der Waals surface area contributed by atoms with Crippen molar-refractivity contribution in [3.05, 3.63) is 59.7 Å². The van der Waals surface area contributed by atoms with Crippen LogP contribution >= 0.6 is 0 Å². The molecule has 2 rings (SSSR count). The van der Waals surface area contributed by atoms with E-state index in [4.69, 9.17) is 65.2 Å². The van der Waals surface area contributed by atoms with Crippen molar-refractivity contribution in [2.75, 3.05) is 172 Å². The average Bonchev–Trinajstić information content (AvgIpc) is 3.23. The van der Waals surface area contributed by atoms with Crippen molar-refractivity contribution in [3.8, 4) is 0 Å². The molecule has 346 valence electrons. The molecule has 2 aromatic rings. The minimum atomic E-state index is -3.79. The van der Waals surface area contributed by atoms with Gasteiger partial charge in [-0.1, -0.05) is 35.4 Å². The second kappa shape index (κ2) is 36.3. The molecule has 2 aromatic carbocycles. The van der Waals surface area contributed by atoms with Crippen molar-refractivity contribution < 1.29 is 82.0 Å². The summed E-state index contributed by atoms with van der Waals surface area (Å²) in [5.41, 5.74) is 1.94. The highest BCUT2D eigenvalue weighted by molar-refractivity contribution is 7.87. The molecule has 0 aliphatic heterocycles. The van der Waals surface area contributed by atoms with Crippen LogP contribution in [0.2, 0.25) is 0 Å². The highest BCUT2D eigenvalue weighted by Gasteiger charge is 2.15. The predicted octanol–water partition coefficient (Wildman–Crippen LogP) is 2.61. The van der Waals surface area contributed by atoms with E-state index in [1.54, 1.807) is 24.3 Å². The van der Waals surface area contributed by atoms with Crippen LogP contribution in [0.25, 0.3) is 0 Å². The van der Waals surface area contributed by atoms with E-state index in [2.05, 4.69) is 0 Å². The van der Waals surface area contributed by atoms with Crippen molar-refractivity contribution in [1.82, 2.24) is 0 Å². The molecule has 0 aliphatic carbocycles. The Bertz CT molecular complexity index is 1380. The summed E-state index contributed by atoms with van der Waals surface area (Å²) in [5.74, 6) is 0. The van der Waals surface area contributed by atoms with Crippen LogP contribution < -0.4 is 0 Å². The second-order valence-corrected chi connectivity index (χ2v) is 15.8. The van der Waals surface area contributed by atoms with Crippen LogP contribution in [0.5, 0.6) is 0 Å². The van der Waals surface area contributed by atoms with Crippen molar-refractivity contribution in [2.24, 2.45) is 0 Å². The molecule has 0 saturated carbocycles. The SMILES string of the molecule is Cc1ccc(S(=O)(=O)OCCOCCOCCOCCOCCOCCOCCOCCOCCOCCOCCOCCOCCOS(=O)(=O)c2ccc(C)cc2)cc1. The molecule has 0 fully saturated rings. The fraction of sp³-hybridized carbons (Fsp3) is 0.700. The highest BCUT2D eigenvalue weighted by atomic mass is 32.2. The monoisotopic (exact) mass is 898 g/mol. The summed E-state index contributed by atoms with van der Waals surface area (Å²) in [4.78, 5) is 0.241. The summed E-state index contributed by atoms with van der Waals surface area (Å²) in [6, 6.07) is 12.9.